The molecule has 84 valence electrons. The average Bonchev–Trinajstić information content (AvgIpc) is 2.27. The van der Waals surface area contributed by atoms with Crippen molar-refractivity contribution >= 4 is 0 Å². The van der Waals surface area contributed by atoms with Crippen LogP contribution in [0.15, 0.2) is 24.3 Å². The maximum absolute atomic E-state index is 8.60. The molecule has 0 spiro atoms. The zero-order valence-electron chi connectivity index (χ0n) is 8.81. The molecule has 0 aliphatic rings. The Labute approximate surface area is 89.4 Å². The SMILES string of the molecule is COCCOc1cccc(OCCO)c1. The molecule has 1 aromatic carbocycles. The monoisotopic (exact) mass is 212 g/mol. The van der Waals surface area contributed by atoms with Crippen molar-refractivity contribution in [3.63, 3.8) is 0 Å². The van der Waals surface area contributed by atoms with E-state index in [1.807, 2.05) is 18.2 Å². The lowest BCUT2D eigenvalue weighted by Crippen LogP contribution is -2.05. The third-order valence-corrected chi connectivity index (χ3v) is 1.72. The van der Waals surface area contributed by atoms with E-state index in [1.165, 1.54) is 0 Å². The molecule has 1 aromatic rings. The van der Waals surface area contributed by atoms with E-state index in [4.69, 9.17) is 19.3 Å². The van der Waals surface area contributed by atoms with Gasteiger partial charge in [0.15, 0.2) is 0 Å². The van der Waals surface area contributed by atoms with Crippen molar-refractivity contribution in [2.75, 3.05) is 33.5 Å². The van der Waals surface area contributed by atoms with Crippen molar-refractivity contribution in [3.8, 4) is 11.5 Å². The van der Waals surface area contributed by atoms with E-state index in [2.05, 4.69) is 0 Å². The van der Waals surface area contributed by atoms with Crippen molar-refractivity contribution < 1.29 is 19.3 Å². The molecular formula is C11H16O4. The molecule has 0 saturated heterocycles. The lowest BCUT2D eigenvalue weighted by atomic mass is 10.3. The van der Waals surface area contributed by atoms with Gasteiger partial charge in [-0.3, -0.25) is 0 Å². The van der Waals surface area contributed by atoms with E-state index in [-0.39, 0.29) is 6.61 Å². The van der Waals surface area contributed by atoms with Crippen LogP contribution in [0.25, 0.3) is 0 Å². The second kappa shape index (κ2) is 7.09. The summed E-state index contributed by atoms with van der Waals surface area (Å²) in [6, 6.07) is 7.29. The smallest absolute Gasteiger partial charge is 0.123 e. The van der Waals surface area contributed by atoms with E-state index in [0.717, 1.165) is 5.75 Å². The van der Waals surface area contributed by atoms with Gasteiger partial charge in [-0.25, -0.2) is 0 Å². The van der Waals surface area contributed by atoms with Crippen molar-refractivity contribution in [3.05, 3.63) is 24.3 Å². The van der Waals surface area contributed by atoms with Crippen molar-refractivity contribution in [2.24, 2.45) is 0 Å². The molecule has 0 radical (unpaired) electrons. The highest BCUT2D eigenvalue weighted by Crippen LogP contribution is 2.19. The van der Waals surface area contributed by atoms with Gasteiger partial charge in [-0.15, -0.1) is 0 Å². The zero-order chi connectivity index (χ0) is 10.9. The van der Waals surface area contributed by atoms with E-state index in [9.17, 15) is 0 Å². The molecule has 0 saturated carbocycles. The van der Waals surface area contributed by atoms with E-state index < -0.39 is 0 Å². The molecule has 0 amide bonds. The highest BCUT2D eigenvalue weighted by Gasteiger charge is 1.97. The first-order valence-electron chi connectivity index (χ1n) is 4.82. The second-order valence-corrected chi connectivity index (χ2v) is 2.89. The standard InChI is InChI=1S/C11H16O4/c1-13-7-8-15-11-4-2-3-10(9-11)14-6-5-12/h2-4,9,12H,5-8H2,1H3. The number of hydrogen-bond donors (Lipinski definition) is 1. The largest absolute Gasteiger partial charge is 0.491 e. The molecule has 0 atom stereocenters. The molecule has 0 bridgehead atoms. The minimum absolute atomic E-state index is 0.00869. The number of benzene rings is 1. The molecule has 0 aliphatic carbocycles. The summed E-state index contributed by atoms with van der Waals surface area (Å²) >= 11 is 0. The predicted octanol–water partition coefficient (Wildman–Crippen LogP) is 1.08. The van der Waals surface area contributed by atoms with Gasteiger partial charge < -0.3 is 19.3 Å². The lowest BCUT2D eigenvalue weighted by molar-refractivity contribution is 0.146. The zero-order valence-corrected chi connectivity index (χ0v) is 8.81. The first-order chi connectivity index (χ1) is 7.36. The Morgan fingerprint density at radius 1 is 1.07 bits per heavy atom. The Morgan fingerprint density at radius 3 is 2.33 bits per heavy atom. The topological polar surface area (TPSA) is 47.9 Å². The third kappa shape index (κ3) is 4.67. The number of aliphatic hydroxyl groups excluding tert-OH is 1. The molecule has 1 N–H and O–H groups in total. The van der Waals surface area contributed by atoms with Gasteiger partial charge in [0.1, 0.15) is 24.7 Å². The summed E-state index contributed by atoms with van der Waals surface area (Å²) in [6.45, 7) is 1.37. The lowest BCUT2D eigenvalue weighted by Gasteiger charge is -2.08. The highest BCUT2D eigenvalue weighted by atomic mass is 16.5. The van der Waals surface area contributed by atoms with Gasteiger partial charge in [-0.05, 0) is 12.1 Å². The number of hydrogen-bond acceptors (Lipinski definition) is 4. The van der Waals surface area contributed by atoms with Crippen molar-refractivity contribution in [1.82, 2.24) is 0 Å². The van der Waals surface area contributed by atoms with E-state index in [1.54, 1.807) is 13.2 Å². The molecule has 1 rings (SSSR count). The molecule has 0 unspecified atom stereocenters. The third-order valence-electron chi connectivity index (χ3n) is 1.72. The van der Waals surface area contributed by atoms with Crippen LogP contribution >= 0.6 is 0 Å². The maximum atomic E-state index is 8.60. The quantitative estimate of drug-likeness (QED) is 0.687. The molecular weight excluding hydrogens is 196 g/mol. The molecule has 0 heterocycles. The first-order valence-corrected chi connectivity index (χ1v) is 4.82. The van der Waals surface area contributed by atoms with Crippen LogP contribution in [-0.4, -0.2) is 38.6 Å². The Kier molecular flexibility index (Phi) is 5.58. The van der Waals surface area contributed by atoms with Gasteiger partial charge in [0.2, 0.25) is 0 Å². The normalized spacial score (nSPS) is 10.0. The number of ether oxygens (including phenoxy) is 3. The number of methoxy groups -OCH3 is 1. The predicted molar refractivity (Wildman–Crippen MR) is 56.4 cm³/mol. The minimum Gasteiger partial charge on any atom is -0.491 e. The van der Waals surface area contributed by atoms with E-state index >= 15 is 0 Å². The summed E-state index contributed by atoms with van der Waals surface area (Å²) in [5, 5.41) is 8.60. The van der Waals surface area contributed by atoms with Crippen LogP contribution in [0.4, 0.5) is 0 Å². The first kappa shape index (κ1) is 11.8. The van der Waals surface area contributed by atoms with Crippen molar-refractivity contribution in [2.45, 2.75) is 0 Å². The maximum Gasteiger partial charge on any atom is 0.123 e. The van der Waals surface area contributed by atoms with Crippen LogP contribution < -0.4 is 9.47 Å². The van der Waals surface area contributed by atoms with Gasteiger partial charge in [0, 0.05) is 13.2 Å². The molecule has 4 heteroatoms. The Morgan fingerprint density at radius 2 is 1.73 bits per heavy atom. The Hall–Kier alpha value is -1.26. The molecule has 0 aromatic heterocycles. The Balaban J connectivity index is 2.42. The van der Waals surface area contributed by atoms with Gasteiger partial charge in [-0.1, -0.05) is 6.07 Å². The Bertz CT molecular complexity index is 275. The van der Waals surface area contributed by atoms with Crippen LogP contribution in [0.2, 0.25) is 0 Å². The van der Waals surface area contributed by atoms with Crippen molar-refractivity contribution in [1.29, 1.82) is 0 Å². The average molecular weight is 212 g/mol. The summed E-state index contributed by atoms with van der Waals surface area (Å²) in [5.41, 5.74) is 0. The highest BCUT2D eigenvalue weighted by molar-refractivity contribution is 5.32. The fraction of sp³-hybridized carbons (Fsp3) is 0.455. The fourth-order valence-corrected chi connectivity index (χ4v) is 1.06. The number of rotatable bonds is 7. The van der Waals surface area contributed by atoms with Crippen LogP contribution in [0, 0.1) is 0 Å². The van der Waals surface area contributed by atoms with Crippen LogP contribution in [-0.2, 0) is 4.74 Å². The molecule has 15 heavy (non-hydrogen) atoms. The summed E-state index contributed by atoms with van der Waals surface area (Å²) in [5.74, 6) is 1.43. The summed E-state index contributed by atoms with van der Waals surface area (Å²) in [4.78, 5) is 0. The molecule has 0 aliphatic heterocycles. The fourth-order valence-electron chi connectivity index (χ4n) is 1.06. The molecule has 0 fully saturated rings. The summed E-state index contributed by atoms with van der Waals surface area (Å²) in [7, 11) is 1.63. The minimum atomic E-state index is 0.00869. The summed E-state index contributed by atoms with van der Waals surface area (Å²) in [6.07, 6.45) is 0. The van der Waals surface area contributed by atoms with Gasteiger partial charge >= 0.3 is 0 Å². The van der Waals surface area contributed by atoms with Gasteiger partial charge in [0.25, 0.3) is 0 Å². The summed E-state index contributed by atoms with van der Waals surface area (Å²) < 4.78 is 15.5. The van der Waals surface area contributed by atoms with Crippen LogP contribution in [0.3, 0.4) is 0 Å². The molecule has 4 nitrogen and oxygen atoms in total. The number of aliphatic hydroxyl groups is 1. The van der Waals surface area contributed by atoms with Gasteiger partial charge in [-0.2, -0.15) is 0 Å². The van der Waals surface area contributed by atoms with E-state index in [0.29, 0.717) is 25.6 Å². The van der Waals surface area contributed by atoms with Crippen LogP contribution in [0.1, 0.15) is 0 Å². The second-order valence-electron chi connectivity index (χ2n) is 2.89. The van der Waals surface area contributed by atoms with Crippen LogP contribution in [0.5, 0.6) is 11.5 Å². The van der Waals surface area contributed by atoms with Gasteiger partial charge in [0.05, 0.1) is 13.2 Å².